The Morgan fingerprint density at radius 2 is 1.35 bits per heavy atom. The van der Waals surface area contributed by atoms with Crippen LogP contribution < -0.4 is 5.73 Å². The molecule has 0 atom stereocenters. The van der Waals surface area contributed by atoms with Crippen LogP contribution >= 0.6 is 0 Å². The van der Waals surface area contributed by atoms with Gasteiger partial charge in [-0.15, -0.1) is 0 Å². The third kappa shape index (κ3) is 3.21. The monoisotopic (exact) mass is 595 g/mol. The number of nitrogens with two attached hydrogens (primary N) is 1. The normalized spacial score (nSPS) is 12.5. The molecule has 0 aliphatic heterocycles. The predicted molar refractivity (Wildman–Crippen MR) is 187 cm³/mol. The fourth-order valence-corrected chi connectivity index (χ4v) is 7.20. The number of hydrogen-bond donors (Lipinski definition) is 1. The third-order valence-corrected chi connectivity index (χ3v) is 9.10. The van der Waals surface area contributed by atoms with Crippen molar-refractivity contribution in [3.05, 3.63) is 121 Å². The third-order valence-electron chi connectivity index (χ3n) is 9.10. The number of nitrogens with zero attached hydrogens (tertiary/aromatic N) is 4. The van der Waals surface area contributed by atoms with E-state index in [1.807, 2.05) is 61.7 Å². The van der Waals surface area contributed by atoms with Crippen molar-refractivity contribution >= 4 is 88.6 Å². The first-order chi connectivity index (χ1) is 22.7. The molecule has 0 radical (unpaired) electrons. The number of nitrogen functional groups attached to an aromatic ring is 1. The van der Waals surface area contributed by atoms with Gasteiger partial charge in [-0.1, -0.05) is 24.3 Å². The zero-order valence-corrected chi connectivity index (χ0v) is 24.7. The summed E-state index contributed by atoms with van der Waals surface area (Å²) in [6.45, 7) is 2.01. The van der Waals surface area contributed by atoms with Crippen molar-refractivity contribution in [1.82, 2.24) is 19.1 Å². The van der Waals surface area contributed by atoms with Crippen molar-refractivity contribution in [3.63, 3.8) is 0 Å². The summed E-state index contributed by atoms with van der Waals surface area (Å²) in [4.78, 5) is 9.50. The lowest BCUT2D eigenvalue weighted by Gasteiger charge is -2.08. The van der Waals surface area contributed by atoms with Crippen LogP contribution in [0.4, 0.5) is 5.69 Å². The lowest BCUT2D eigenvalue weighted by atomic mass is 10.1. The maximum atomic E-state index is 6.95. The molecule has 0 aliphatic rings. The van der Waals surface area contributed by atoms with E-state index in [4.69, 9.17) is 19.6 Å². The molecule has 46 heavy (non-hydrogen) atoms. The van der Waals surface area contributed by atoms with Gasteiger partial charge in [0, 0.05) is 39.9 Å². The Morgan fingerprint density at radius 3 is 2.15 bits per heavy atom. The first-order valence-corrected chi connectivity index (χ1v) is 15.2. The Bertz CT molecular complexity index is 2880. The molecule has 0 saturated heterocycles. The molecule has 2 N–H and O–H groups in total. The molecule has 10 aromatic rings. The molecule has 7 nitrogen and oxygen atoms in total. The van der Waals surface area contributed by atoms with Gasteiger partial charge in [0.2, 0.25) is 0 Å². The SMILES string of the molecule is C/C=C\c1c(N)c2c3oc4c(ccc5c4c4ncccc4n5-c4ccc5oc6cccnc6c5c4)c3ccc2n1-c1ccccc1. The highest BCUT2D eigenvalue weighted by molar-refractivity contribution is 6.26. The molecule has 0 spiro atoms. The summed E-state index contributed by atoms with van der Waals surface area (Å²) in [7, 11) is 0. The number of furan rings is 2. The summed E-state index contributed by atoms with van der Waals surface area (Å²) in [5.41, 5.74) is 18.4. The summed E-state index contributed by atoms with van der Waals surface area (Å²) in [6, 6.07) is 33.0. The Labute approximate surface area is 261 Å². The van der Waals surface area contributed by atoms with Gasteiger partial charge in [-0.05, 0) is 91.9 Å². The van der Waals surface area contributed by atoms with E-state index in [0.717, 1.165) is 93.9 Å². The van der Waals surface area contributed by atoms with Crippen molar-refractivity contribution < 1.29 is 8.83 Å². The molecule has 0 amide bonds. The van der Waals surface area contributed by atoms with Crippen LogP contribution in [-0.4, -0.2) is 19.1 Å². The molecular weight excluding hydrogens is 570 g/mol. The van der Waals surface area contributed by atoms with Crippen LogP contribution in [0, 0.1) is 0 Å². The zero-order valence-electron chi connectivity index (χ0n) is 24.7. The van der Waals surface area contributed by atoms with Crippen LogP contribution in [0.3, 0.4) is 0 Å². The van der Waals surface area contributed by atoms with Crippen LogP contribution in [-0.2, 0) is 0 Å². The van der Waals surface area contributed by atoms with Gasteiger partial charge in [-0.3, -0.25) is 9.97 Å². The van der Waals surface area contributed by atoms with Gasteiger partial charge >= 0.3 is 0 Å². The van der Waals surface area contributed by atoms with E-state index in [0.29, 0.717) is 5.69 Å². The second-order valence-corrected chi connectivity index (χ2v) is 11.6. The molecule has 6 heterocycles. The molecule has 6 aromatic heterocycles. The molecule has 218 valence electrons. The number of rotatable bonds is 3. The van der Waals surface area contributed by atoms with Crippen LogP contribution in [0.1, 0.15) is 12.6 Å². The number of benzene rings is 4. The van der Waals surface area contributed by atoms with Crippen LogP contribution in [0.5, 0.6) is 0 Å². The lowest BCUT2D eigenvalue weighted by Crippen LogP contribution is -1.97. The molecule has 0 saturated carbocycles. The highest BCUT2D eigenvalue weighted by atomic mass is 16.3. The lowest BCUT2D eigenvalue weighted by molar-refractivity contribution is 0.668. The van der Waals surface area contributed by atoms with Gasteiger partial charge in [0.05, 0.1) is 38.7 Å². The molecule has 0 aliphatic carbocycles. The Balaban J connectivity index is 1.30. The summed E-state index contributed by atoms with van der Waals surface area (Å²) in [5, 5.41) is 4.87. The summed E-state index contributed by atoms with van der Waals surface area (Å²) >= 11 is 0. The minimum absolute atomic E-state index is 0.688. The molecule has 0 bridgehead atoms. The maximum absolute atomic E-state index is 6.95. The molecule has 10 rings (SSSR count). The van der Waals surface area contributed by atoms with E-state index in [2.05, 4.69) is 74.8 Å². The number of aromatic nitrogens is 4. The van der Waals surface area contributed by atoms with E-state index < -0.39 is 0 Å². The molecular formula is C39H25N5O2. The smallest absolute Gasteiger partial charge is 0.153 e. The molecule has 0 fully saturated rings. The van der Waals surface area contributed by atoms with Crippen molar-refractivity contribution in [2.24, 2.45) is 0 Å². The summed E-state index contributed by atoms with van der Waals surface area (Å²) in [5.74, 6) is 0. The van der Waals surface area contributed by atoms with E-state index in [-0.39, 0.29) is 0 Å². The number of pyridine rings is 2. The minimum atomic E-state index is 0.688. The second-order valence-electron chi connectivity index (χ2n) is 11.6. The summed E-state index contributed by atoms with van der Waals surface area (Å²) in [6.07, 6.45) is 7.71. The molecule has 7 heteroatoms. The topological polar surface area (TPSA) is 87.9 Å². The fourth-order valence-electron chi connectivity index (χ4n) is 7.20. The fraction of sp³-hybridized carbons (Fsp3) is 0.0256. The highest BCUT2D eigenvalue weighted by Crippen LogP contribution is 2.45. The van der Waals surface area contributed by atoms with Gasteiger partial charge in [-0.2, -0.15) is 0 Å². The van der Waals surface area contributed by atoms with Crippen molar-refractivity contribution in [3.8, 4) is 11.4 Å². The first-order valence-electron chi connectivity index (χ1n) is 15.2. The van der Waals surface area contributed by atoms with Gasteiger partial charge in [0.25, 0.3) is 0 Å². The van der Waals surface area contributed by atoms with E-state index >= 15 is 0 Å². The number of fused-ring (bicyclic) bond motifs is 12. The van der Waals surface area contributed by atoms with Gasteiger partial charge in [0.1, 0.15) is 27.8 Å². The Kier molecular flexibility index (Phi) is 4.95. The Morgan fingerprint density at radius 1 is 0.609 bits per heavy atom. The summed E-state index contributed by atoms with van der Waals surface area (Å²) < 4.78 is 17.4. The van der Waals surface area contributed by atoms with Gasteiger partial charge in [0.15, 0.2) is 5.58 Å². The van der Waals surface area contributed by atoms with E-state index in [1.165, 1.54) is 0 Å². The van der Waals surface area contributed by atoms with Gasteiger partial charge < -0.3 is 23.7 Å². The first kappa shape index (κ1) is 25.0. The number of hydrogen-bond acceptors (Lipinski definition) is 5. The number of anilines is 1. The van der Waals surface area contributed by atoms with Gasteiger partial charge in [-0.25, -0.2) is 0 Å². The average molecular weight is 596 g/mol. The quantitative estimate of drug-likeness (QED) is 0.220. The predicted octanol–water partition coefficient (Wildman–Crippen LogP) is 9.93. The maximum Gasteiger partial charge on any atom is 0.153 e. The second kappa shape index (κ2) is 9.09. The van der Waals surface area contributed by atoms with Crippen LogP contribution in [0.15, 0.2) is 124 Å². The van der Waals surface area contributed by atoms with E-state index in [9.17, 15) is 0 Å². The Hall–Kier alpha value is -6.34. The van der Waals surface area contributed by atoms with Crippen molar-refractivity contribution in [2.45, 2.75) is 6.92 Å². The largest absolute Gasteiger partial charge is 0.454 e. The van der Waals surface area contributed by atoms with Crippen LogP contribution in [0.2, 0.25) is 0 Å². The number of para-hydroxylation sites is 1. The number of allylic oxidation sites excluding steroid dienone is 1. The molecule has 0 unspecified atom stereocenters. The minimum Gasteiger partial charge on any atom is -0.454 e. The zero-order chi connectivity index (χ0) is 30.5. The highest BCUT2D eigenvalue weighted by Gasteiger charge is 2.24. The standard InChI is InChI=1S/C39H25N5O2/c1-2-8-29-35(40)33-27(43(29)22-9-4-3-5-10-22)16-14-24-25-15-17-28-34(39(25)46-38(24)33)37-30(11-6-19-42-37)44(28)23-13-18-31-26(21-23)36-32(45-31)12-7-20-41-36/h2-21H,40H2,1H3/b8-2-. The van der Waals surface area contributed by atoms with Crippen molar-refractivity contribution in [1.29, 1.82) is 0 Å². The van der Waals surface area contributed by atoms with Crippen LogP contribution in [0.25, 0.3) is 94.3 Å². The average Bonchev–Trinajstić information content (AvgIpc) is 3.83. The van der Waals surface area contributed by atoms with Crippen molar-refractivity contribution in [2.75, 3.05) is 5.73 Å². The van der Waals surface area contributed by atoms with E-state index in [1.54, 1.807) is 6.20 Å². The molecule has 4 aromatic carbocycles.